The van der Waals surface area contributed by atoms with Crippen molar-refractivity contribution < 1.29 is 4.74 Å². The largest absolute Gasteiger partial charge is 0.497 e. The number of thiophene rings is 1. The minimum atomic E-state index is 0. The molecule has 0 spiro atoms. The molecular weight excluding hydrogens is 419 g/mol. The normalized spacial score (nSPS) is 16.1. The summed E-state index contributed by atoms with van der Waals surface area (Å²) < 4.78 is 6.56. The van der Waals surface area contributed by atoms with E-state index >= 15 is 0 Å². The Bertz CT molecular complexity index is 592. The lowest BCUT2D eigenvalue weighted by Crippen LogP contribution is -2.45. The Labute approximate surface area is 162 Å². The maximum atomic E-state index is 5.42. The molecule has 3 rings (SSSR count). The molecule has 23 heavy (non-hydrogen) atoms. The lowest BCUT2D eigenvalue weighted by atomic mass is 10.0. The summed E-state index contributed by atoms with van der Waals surface area (Å²) in [5.74, 6) is 0.907. The molecule has 1 aliphatic rings. The summed E-state index contributed by atoms with van der Waals surface area (Å²) in [5.41, 5.74) is 1.28. The third kappa shape index (κ3) is 4.84. The number of methoxy groups -OCH3 is 1. The maximum absolute atomic E-state index is 5.42. The number of rotatable bonds is 4. The molecule has 3 nitrogen and oxygen atoms in total. The van der Waals surface area contributed by atoms with Gasteiger partial charge in [0.05, 0.1) is 13.2 Å². The van der Waals surface area contributed by atoms with Crippen LogP contribution in [-0.4, -0.2) is 38.2 Å². The summed E-state index contributed by atoms with van der Waals surface area (Å²) in [6.45, 7) is 4.21. The minimum Gasteiger partial charge on any atom is -0.497 e. The summed E-state index contributed by atoms with van der Waals surface area (Å²) in [5, 5.41) is 5.58. The van der Waals surface area contributed by atoms with E-state index in [0.717, 1.165) is 36.4 Å². The molecule has 0 bridgehead atoms. The second kappa shape index (κ2) is 9.87. The van der Waals surface area contributed by atoms with Crippen LogP contribution in [0, 0.1) is 0 Å². The Morgan fingerprint density at radius 3 is 2.57 bits per heavy atom. The summed E-state index contributed by atoms with van der Waals surface area (Å²) >= 11 is 5.54. The van der Waals surface area contributed by atoms with Crippen molar-refractivity contribution in [1.29, 1.82) is 0 Å². The average Bonchev–Trinajstić information content (AvgIpc) is 3.04. The van der Waals surface area contributed by atoms with Gasteiger partial charge in [0.15, 0.2) is 0 Å². The van der Waals surface area contributed by atoms with Gasteiger partial charge in [0.25, 0.3) is 0 Å². The molecule has 7 heteroatoms. The fourth-order valence-corrected chi connectivity index (χ4v) is 4.12. The van der Waals surface area contributed by atoms with Crippen molar-refractivity contribution in [1.82, 2.24) is 10.2 Å². The van der Waals surface area contributed by atoms with Gasteiger partial charge in [-0.2, -0.15) is 0 Å². The van der Waals surface area contributed by atoms with Crippen LogP contribution in [0.3, 0.4) is 0 Å². The summed E-state index contributed by atoms with van der Waals surface area (Å²) in [6, 6.07) is 10.9. The van der Waals surface area contributed by atoms with Crippen LogP contribution in [0.4, 0.5) is 0 Å². The third-order valence-corrected chi connectivity index (χ3v) is 5.47. The number of halogens is 3. The molecule has 0 saturated carbocycles. The highest BCUT2D eigenvalue weighted by atomic mass is 79.9. The number of ether oxygens (including phenoxy) is 1. The van der Waals surface area contributed by atoms with Gasteiger partial charge in [-0.1, -0.05) is 22.0 Å². The summed E-state index contributed by atoms with van der Waals surface area (Å²) in [6.07, 6.45) is 0. The highest BCUT2D eigenvalue weighted by molar-refractivity contribution is 9.10. The van der Waals surface area contributed by atoms with Gasteiger partial charge in [0.1, 0.15) is 5.75 Å². The number of piperazine rings is 1. The van der Waals surface area contributed by atoms with Gasteiger partial charge in [-0.3, -0.25) is 4.90 Å². The van der Waals surface area contributed by atoms with Crippen molar-refractivity contribution in [2.45, 2.75) is 6.04 Å². The lowest BCUT2D eigenvalue weighted by Gasteiger charge is -2.35. The molecule has 1 aromatic carbocycles. The highest BCUT2D eigenvalue weighted by Crippen LogP contribution is 2.37. The number of hydrogen-bond donors (Lipinski definition) is 1. The fourth-order valence-electron chi connectivity index (χ4n) is 2.78. The molecular formula is C16H21BrCl2N2OS. The first-order valence-electron chi connectivity index (χ1n) is 7.11. The zero-order valence-corrected chi connectivity index (χ0v) is 16.9. The van der Waals surface area contributed by atoms with Crippen molar-refractivity contribution in [3.8, 4) is 5.75 Å². The van der Waals surface area contributed by atoms with Gasteiger partial charge in [0.2, 0.25) is 0 Å². The number of hydrogen-bond acceptors (Lipinski definition) is 4. The van der Waals surface area contributed by atoms with E-state index in [1.165, 1.54) is 10.4 Å². The van der Waals surface area contributed by atoms with E-state index in [9.17, 15) is 0 Å². The van der Waals surface area contributed by atoms with Crippen LogP contribution in [0.5, 0.6) is 5.75 Å². The molecule has 0 aliphatic carbocycles. The van der Waals surface area contributed by atoms with Gasteiger partial charge in [-0.15, -0.1) is 36.2 Å². The fraction of sp³-hybridized carbons (Fsp3) is 0.375. The molecule has 128 valence electrons. The standard InChI is InChI=1S/C16H19BrN2OS.2ClH/c1-20-12-4-5-14(17)13(11-12)16(15-3-2-10-21-15)19-8-6-18-7-9-19;;/h2-5,10-11,16,18H,6-9H2,1H3;2*1H/t16-;;/m1../s1. The minimum absolute atomic E-state index is 0. The quantitative estimate of drug-likeness (QED) is 0.765. The Balaban J connectivity index is 0.00000132. The van der Waals surface area contributed by atoms with E-state index in [2.05, 4.69) is 55.8 Å². The van der Waals surface area contributed by atoms with Gasteiger partial charge in [-0.25, -0.2) is 0 Å². The maximum Gasteiger partial charge on any atom is 0.119 e. The smallest absolute Gasteiger partial charge is 0.119 e. The van der Waals surface area contributed by atoms with Gasteiger partial charge in [0, 0.05) is 35.5 Å². The second-order valence-corrected chi connectivity index (χ2v) is 6.92. The first-order valence-corrected chi connectivity index (χ1v) is 8.78. The molecule has 1 atom stereocenters. The van der Waals surface area contributed by atoms with E-state index in [0.29, 0.717) is 0 Å². The van der Waals surface area contributed by atoms with Crippen molar-refractivity contribution >= 4 is 52.1 Å². The van der Waals surface area contributed by atoms with E-state index in [4.69, 9.17) is 4.74 Å². The number of nitrogens with zero attached hydrogens (tertiary/aromatic N) is 1. The first-order chi connectivity index (χ1) is 10.3. The molecule has 0 radical (unpaired) electrons. The Morgan fingerprint density at radius 2 is 1.96 bits per heavy atom. The highest BCUT2D eigenvalue weighted by Gasteiger charge is 2.26. The molecule has 1 N–H and O–H groups in total. The van der Waals surface area contributed by atoms with E-state index < -0.39 is 0 Å². The van der Waals surface area contributed by atoms with E-state index in [1.807, 2.05) is 17.4 Å². The predicted molar refractivity (Wildman–Crippen MR) is 106 cm³/mol. The SMILES string of the molecule is COc1ccc(Br)c([C@H](c2cccs2)N2CCNCC2)c1.Cl.Cl. The Kier molecular flexibility index (Phi) is 8.90. The molecule has 1 aliphatic heterocycles. The monoisotopic (exact) mass is 438 g/mol. The number of benzene rings is 1. The van der Waals surface area contributed by atoms with Crippen molar-refractivity contribution in [2.75, 3.05) is 33.3 Å². The first kappa shape index (κ1) is 20.7. The van der Waals surface area contributed by atoms with Crippen molar-refractivity contribution in [3.63, 3.8) is 0 Å². The van der Waals surface area contributed by atoms with Crippen LogP contribution < -0.4 is 10.1 Å². The van der Waals surface area contributed by atoms with Crippen LogP contribution in [0.15, 0.2) is 40.2 Å². The van der Waals surface area contributed by atoms with E-state index in [1.54, 1.807) is 7.11 Å². The molecule has 2 heterocycles. The zero-order chi connectivity index (χ0) is 14.7. The molecule has 2 aromatic rings. The van der Waals surface area contributed by atoms with Gasteiger partial charge < -0.3 is 10.1 Å². The average molecular weight is 440 g/mol. The topological polar surface area (TPSA) is 24.5 Å². The third-order valence-electron chi connectivity index (χ3n) is 3.83. The molecule has 0 amide bonds. The lowest BCUT2D eigenvalue weighted by molar-refractivity contribution is 0.200. The van der Waals surface area contributed by atoms with Gasteiger partial charge >= 0.3 is 0 Å². The van der Waals surface area contributed by atoms with E-state index in [-0.39, 0.29) is 30.9 Å². The van der Waals surface area contributed by atoms with Gasteiger partial charge in [-0.05, 0) is 35.2 Å². The van der Waals surface area contributed by atoms with Crippen LogP contribution in [-0.2, 0) is 0 Å². The van der Waals surface area contributed by atoms with Crippen LogP contribution in [0.25, 0.3) is 0 Å². The molecule has 1 aromatic heterocycles. The summed E-state index contributed by atoms with van der Waals surface area (Å²) in [4.78, 5) is 3.92. The Morgan fingerprint density at radius 1 is 1.22 bits per heavy atom. The predicted octanol–water partition coefficient (Wildman–Crippen LogP) is 4.36. The molecule has 1 fully saturated rings. The van der Waals surface area contributed by atoms with Crippen LogP contribution in [0.1, 0.15) is 16.5 Å². The second-order valence-electron chi connectivity index (χ2n) is 5.09. The number of nitrogens with one attached hydrogen (secondary N) is 1. The Hall–Kier alpha value is -0.300. The van der Waals surface area contributed by atoms with Crippen LogP contribution in [0.2, 0.25) is 0 Å². The van der Waals surface area contributed by atoms with Crippen molar-refractivity contribution in [3.05, 3.63) is 50.6 Å². The summed E-state index contributed by atoms with van der Waals surface area (Å²) in [7, 11) is 1.72. The van der Waals surface area contributed by atoms with Crippen molar-refractivity contribution in [2.24, 2.45) is 0 Å². The van der Waals surface area contributed by atoms with Crippen LogP contribution >= 0.6 is 52.1 Å². The zero-order valence-electron chi connectivity index (χ0n) is 12.8. The molecule has 1 saturated heterocycles. The molecule has 0 unspecified atom stereocenters.